The van der Waals surface area contributed by atoms with Crippen molar-refractivity contribution in [2.75, 3.05) is 13.2 Å². The maximum Gasteiger partial charge on any atom is 0.328 e. The summed E-state index contributed by atoms with van der Waals surface area (Å²) in [5, 5.41) is 19.3. The van der Waals surface area contributed by atoms with Crippen LogP contribution in [0.4, 0.5) is 0 Å². The first kappa shape index (κ1) is 15.2. The molecule has 0 aliphatic carbocycles. The van der Waals surface area contributed by atoms with Crippen molar-refractivity contribution in [3.63, 3.8) is 0 Å². The van der Waals surface area contributed by atoms with Gasteiger partial charge in [-0.15, -0.1) is 0 Å². The molecule has 1 atom stereocenters. The summed E-state index contributed by atoms with van der Waals surface area (Å²) in [7, 11) is 0. The third kappa shape index (κ3) is 3.26. The molecule has 1 amide bonds. The Kier molecular flexibility index (Phi) is 4.67. The number of nitrogens with zero attached hydrogens (tertiary/aromatic N) is 1. The van der Waals surface area contributed by atoms with Gasteiger partial charge >= 0.3 is 5.97 Å². The van der Waals surface area contributed by atoms with Gasteiger partial charge in [0.15, 0.2) is 0 Å². The second kappa shape index (κ2) is 6.47. The van der Waals surface area contributed by atoms with Crippen molar-refractivity contribution >= 4 is 11.9 Å². The number of aromatic hydroxyl groups is 2. The van der Waals surface area contributed by atoms with Gasteiger partial charge in [0, 0.05) is 6.54 Å². The Morgan fingerprint density at radius 3 is 2.81 bits per heavy atom. The van der Waals surface area contributed by atoms with Crippen molar-refractivity contribution in [3.8, 4) is 11.5 Å². The molecule has 0 spiro atoms. The average molecular weight is 293 g/mol. The van der Waals surface area contributed by atoms with E-state index in [9.17, 15) is 19.8 Å². The molecule has 1 aromatic carbocycles. The molecule has 1 aliphatic rings. The maximum atomic E-state index is 12.5. The Labute approximate surface area is 122 Å². The molecule has 2 rings (SSSR count). The van der Waals surface area contributed by atoms with Crippen LogP contribution < -0.4 is 0 Å². The van der Waals surface area contributed by atoms with Crippen LogP contribution in [0, 0.1) is 0 Å². The Morgan fingerprint density at radius 2 is 2.10 bits per heavy atom. The third-order valence-electron chi connectivity index (χ3n) is 3.53. The zero-order chi connectivity index (χ0) is 15.4. The Morgan fingerprint density at radius 1 is 1.33 bits per heavy atom. The highest BCUT2D eigenvalue weighted by Crippen LogP contribution is 2.27. The van der Waals surface area contributed by atoms with E-state index < -0.39 is 17.9 Å². The Hall–Kier alpha value is -2.24. The minimum Gasteiger partial charge on any atom is -0.508 e. The summed E-state index contributed by atoms with van der Waals surface area (Å²) in [6.45, 7) is 2.40. The SMILES string of the molecule is CCOC(=O)C1CCCCN1C(=O)c1cc(O)ccc1O. The number of hydrogen-bond acceptors (Lipinski definition) is 5. The summed E-state index contributed by atoms with van der Waals surface area (Å²) in [6, 6.07) is 3.12. The van der Waals surface area contributed by atoms with Gasteiger partial charge in [-0.25, -0.2) is 4.79 Å². The number of phenolic OH excluding ortho intramolecular Hbond substituents is 2. The molecule has 114 valence electrons. The average Bonchev–Trinajstić information content (AvgIpc) is 2.49. The topological polar surface area (TPSA) is 87.1 Å². The molecule has 0 saturated carbocycles. The highest BCUT2D eigenvalue weighted by Gasteiger charge is 2.34. The normalized spacial score (nSPS) is 18.3. The highest BCUT2D eigenvalue weighted by atomic mass is 16.5. The lowest BCUT2D eigenvalue weighted by atomic mass is 10.0. The molecule has 0 aromatic heterocycles. The van der Waals surface area contributed by atoms with Crippen LogP contribution >= 0.6 is 0 Å². The van der Waals surface area contributed by atoms with Crippen LogP contribution in [0.25, 0.3) is 0 Å². The number of amides is 1. The molecule has 0 bridgehead atoms. The van der Waals surface area contributed by atoms with E-state index in [1.807, 2.05) is 0 Å². The fourth-order valence-electron chi connectivity index (χ4n) is 2.51. The van der Waals surface area contributed by atoms with E-state index in [2.05, 4.69) is 0 Å². The molecule has 1 heterocycles. The van der Waals surface area contributed by atoms with Crippen LogP contribution in [0.3, 0.4) is 0 Å². The molecule has 0 radical (unpaired) electrons. The van der Waals surface area contributed by atoms with Crippen molar-refractivity contribution in [2.24, 2.45) is 0 Å². The fourth-order valence-corrected chi connectivity index (χ4v) is 2.51. The summed E-state index contributed by atoms with van der Waals surface area (Å²) in [4.78, 5) is 25.9. The highest BCUT2D eigenvalue weighted by molar-refractivity contribution is 5.99. The molecule has 21 heavy (non-hydrogen) atoms. The van der Waals surface area contributed by atoms with Gasteiger partial charge in [-0.3, -0.25) is 4.79 Å². The van der Waals surface area contributed by atoms with Gasteiger partial charge in [0.2, 0.25) is 0 Å². The van der Waals surface area contributed by atoms with E-state index in [0.717, 1.165) is 12.8 Å². The Balaban J connectivity index is 2.26. The number of rotatable bonds is 3. The molecule has 1 aliphatic heterocycles. The number of hydrogen-bond donors (Lipinski definition) is 2. The van der Waals surface area contributed by atoms with E-state index in [1.165, 1.54) is 23.1 Å². The molecule has 1 saturated heterocycles. The number of carbonyl (C=O) groups is 2. The van der Waals surface area contributed by atoms with Gasteiger partial charge < -0.3 is 19.8 Å². The zero-order valence-electron chi connectivity index (χ0n) is 11.9. The van der Waals surface area contributed by atoms with E-state index in [0.29, 0.717) is 13.0 Å². The number of benzene rings is 1. The predicted octanol–water partition coefficient (Wildman–Crippen LogP) is 1.66. The quantitative estimate of drug-likeness (QED) is 0.653. The molecule has 1 fully saturated rings. The van der Waals surface area contributed by atoms with E-state index in [1.54, 1.807) is 6.92 Å². The summed E-state index contributed by atoms with van der Waals surface area (Å²) < 4.78 is 5.01. The van der Waals surface area contributed by atoms with Gasteiger partial charge in [-0.2, -0.15) is 0 Å². The van der Waals surface area contributed by atoms with Gasteiger partial charge in [0.25, 0.3) is 5.91 Å². The van der Waals surface area contributed by atoms with Gasteiger partial charge in [0.1, 0.15) is 17.5 Å². The predicted molar refractivity (Wildman–Crippen MR) is 75.1 cm³/mol. The smallest absolute Gasteiger partial charge is 0.328 e. The first-order chi connectivity index (χ1) is 10.0. The monoisotopic (exact) mass is 293 g/mol. The molecular formula is C15H19NO5. The molecule has 6 nitrogen and oxygen atoms in total. The summed E-state index contributed by atoms with van der Waals surface area (Å²) >= 11 is 0. The van der Waals surface area contributed by atoms with Crippen molar-refractivity contribution < 1.29 is 24.5 Å². The molecule has 2 N–H and O–H groups in total. The third-order valence-corrected chi connectivity index (χ3v) is 3.53. The molecule has 1 unspecified atom stereocenters. The number of ether oxygens (including phenoxy) is 1. The lowest BCUT2D eigenvalue weighted by Gasteiger charge is -2.34. The van der Waals surface area contributed by atoms with Crippen LogP contribution in [0.5, 0.6) is 11.5 Å². The summed E-state index contributed by atoms with van der Waals surface area (Å²) in [6.07, 6.45) is 2.19. The van der Waals surface area contributed by atoms with Crippen molar-refractivity contribution in [2.45, 2.75) is 32.2 Å². The van der Waals surface area contributed by atoms with Crippen LogP contribution in [-0.4, -0.2) is 46.2 Å². The van der Waals surface area contributed by atoms with Crippen molar-refractivity contribution in [1.82, 2.24) is 4.90 Å². The minimum atomic E-state index is -0.632. The lowest BCUT2D eigenvalue weighted by molar-refractivity contribution is -0.149. The first-order valence-corrected chi connectivity index (χ1v) is 7.04. The minimum absolute atomic E-state index is 0.00815. The number of phenols is 2. The van der Waals surface area contributed by atoms with Crippen LogP contribution in [0.2, 0.25) is 0 Å². The van der Waals surface area contributed by atoms with Crippen molar-refractivity contribution in [1.29, 1.82) is 0 Å². The van der Waals surface area contributed by atoms with E-state index in [-0.39, 0.29) is 23.7 Å². The van der Waals surface area contributed by atoms with Gasteiger partial charge in [-0.1, -0.05) is 0 Å². The van der Waals surface area contributed by atoms with Crippen LogP contribution in [0.15, 0.2) is 18.2 Å². The van der Waals surface area contributed by atoms with Crippen LogP contribution in [-0.2, 0) is 9.53 Å². The second-order valence-corrected chi connectivity index (χ2v) is 4.96. The fraction of sp³-hybridized carbons (Fsp3) is 0.467. The number of carbonyl (C=O) groups excluding carboxylic acids is 2. The molecular weight excluding hydrogens is 274 g/mol. The van der Waals surface area contributed by atoms with Crippen LogP contribution in [0.1, 0.15) is 36.5 Å². The molecule has 6 heteroatoms. The number of esters is 1. The van der Waals surface area contributed by atoms with E-state index in [4.69, 9.17) is 4.74 Å². The van der Waals surface area contributed by atoms with Gasteiger partial charge in [0.05, 0.1) is 12.2 Å². The zero-order valence-corrected chi connectivity index (χ0v) is 11.9. The number of piperidine rings is 1. The van der Waals surface area contributed by atoms with Crippen molar-refractivity contribution in [3.05, 3.63) is 23.8 Å². The largest absolute Gasteiger partial charge is 0.508 e. The number of likely N-dealkylation sites (tertiary alicyclic amines) is 1. The van der Waals surface area contributed by atoms with Gasteiger partial charge in [-0.05, 0) is 44.4 Å². The summed E-state index contributed by atoms with van der Waals surface area (Å²) in [5.74, 6) is -1.22. The Bertz CT molecular complexity index is 543. The lowest BCUT2D eigenvalue weighted by Crippen LogP contribution is -2.48. The summed E-state index contributed by atoms with van der Waals surface area (Å²) in [5.41, 5.74) is -0.00815. The maximum absolute atomic E-state index is 12.5. The molecule has 1 aromatic rings. The standard InChI is InChI=1S/C15H19NO5/c1-2-21-15(20)12-5-3-4-8-16(12)14(19)11-9-10(17)6-7-13(11)18/h6-7,9,12,17-18H,2-5,8H2,1H3. The second-order valence-electron chi connectivity index (χ2n) is 4.96. The van der Waals surface area contributed by atoms with E-state index >= 15 is 0 Å². The first-order valence-electron chi connectivity index (χ1n) is 7.04.